The van der Waals surface area contributed by atoms with E-state index in [-0.39, 0.29) is 9.91 Å². The number of hydrogen-bond acceptors (Lipinski definition) is 4. The Hall–Kier alpha value is -1.20. The Bertz CT molecular complexity index is 465. The molecule has 0 amide bonds. The topological polar surface area (TPSA) is 27.6 Å². The molecule has 3 rings (SSSR count). The van der Waals surface area contributed by atoms with E-state index in [0.717, 1.165) is 5.82 Å². The molecule has 1 N–H and O–H groups in total. The van der Waals surface area contributed by atoms with Crippen LogP contribution in [-0.4, -0.2) is 4.41 Å². The lowest BCUT2D eigenvalue weighted by Crippen LogP contribution is -2.23. The average Bonchev–Trinajstić information content (AvgIpc) is 2.79. The lowest BCUT2D eigenvalue weighted by molar-refractivity contribution is 0.536. The summed E-state index contributed by atoms with van der Waals surface area (Å²) in [5, 5.41) is 2.05. The summed E-state index contributed by atoms with van der Waals surface area (Å²) >= 11 is 0. The molecule has 0 aromatic heterocycles. The monoisotopic (exact) mass is 235 g/mol. The summed E-state index contributed by atoms with van der Waals surface area (Å²) in [5.41, 5.74) is 4.40. The van der Waals surface area contributed by atoms with Gasteiger partial charge in [0.2, 0.25) is 0 Å². The van der Waals surface area contributed by atoms with E-state index in [0.29, 0.717) is 0 Å². The zero-order valence-electron chi connectivity index (χ0n) is 7.83. The normalized spacial score (nSPS) is 25.2. The molecular formula is C10H9N3S2. The van der Waals surface area contributed by atoms with Crippen molar-refractivity contribution in [1.29, 1.82) is 0 Å². The highest BCUT2D eigenvalue weighted by Gasteiger charge is 2.20. The first-order valence-electron chi connectivity index (χ1n) is 4.54. The minimum Gasteiger partial charge on any atom is -0.270 e. The van der Waals surface area contributed by atoms with Gasteiger partial charge in [-0.25, -0.2) is 4.41 Å². The lowest BCUT2D eigenvalue weighted by Gasteiger charge is -2.08. The number of rotatable bonds is 1. The Kier molecular flexibility index (Phi) is 2.26. The predicted molar refractivity (Wildman–Crippen MR) is 65.9 cm³/mol. The maximum atomic E-state index is 4.55. The molecule has 2 aliphatic heterocycles. The molecular weight excluding hydrogens is 226 g/mol. The van der Waals surface area contributed by atoms with E-state index in [1.807, 2.05) is 28.8 Å². The Labute approximate surface area is 94.5 Å². The van der Waals surface area contributed by atoms with Gasteiger partial charge in [-0.2, -0.15) is 4.36 Å². The highest BCUT2D eigenvalue weighted by Crippen LogP contribution is 2.29. The second-order valence-corrected chi connectivity index (χ2v) is 6.06. The van der Waals surface area contributed by atoms with Gasteiger partial charge >= 0.3 is 0 Å². The molecule has 0 saturated carbocycles. The molecule has 0 saturated heterocycles. The van der Waals surface area contributed by atoms with E-state index in [4.69, 9.17) is 0 Å². The van der Waals surface area contributed by atoms with Gasteiger partial charge in [0, 0.05) is 11.6 Å². The average molecular weight is 235 g/mol. The third-order valence-corrected chi connectivity index (χ3v) is 4.87. The zero-order chi connectivity index (χ0) is 10.1. The molecule has 0 radical (unpaired) electrons. The SMILES string of the molecule is C1=CN2NC(=Cc3ccccc3)N=S2S1. The van der Waals surface area contributed by atoms with Crippen LogP contribution in [0.15, 0.2) is 52.1 Å². The van der Waals surface area contributed by atoms with Crippen molar-refractivity contribution in [3.63, 3.8) is 0 Å². The summed E-state index contributed by atoms with van der Waals surface area (Å²) < 4.78 is 6.58. The lowest BCUT2D eigenvalue weighted by atomic mass is 10.2. The van der Waals surface area contributed by atoms with Crippen molar-refractivity contribution in [3.8, 4) is 0 Å². The maximum absolute atomic E-state index is 4.55. The number of hydrogen-bond donors (Lipinski definition) is 1. The van der Waals surface area contributed by atoms with E-state index in [1.54, 1.807) is 10.8 Å². The van der Waals surface area contributed by atoms with Gasteiger partial charge in [0.1, 0.15) is 0 Å². The van der Waals surface area contributed by atoms with Crippen LogP contribution in [0.5, 0.6) is 0 Å². The highest BCUT2D eigenvalue weighted by atomic mass is 33.1. The van der Waals surface area contributed by atoms with Gasteiger partial charge in [-0.3, -0.25) is 5.43 Å². The maximum Gasteiger partial charge on any atom is 0.156 e. The van der Waals surface area contributed by atoms with Crippen LogP contribution in [0.3, 0.4) is 0 Å². The van der Waals surface area contributed by atoms with Crippen LogP contribution in [0.2, 0.25) is 0 Å². The summed E-state index contributed by atoms with van der Waals surface area (Å²) in [6.07, 6.45) is 4.07. The number of benzene rings is 1. The molecule has 0 fully saturated rings. The number of nitrogens with zero attached hydrogens (tertiary/aromatic N) is 2. The third kappa shape index (κ3) is 1.80. The Balaban J connectivity index is 1.86. The van der Waals surface area contributed by atoms with Crippen LogP contribution in [0.1, 0.15) is 5.56 Å². The van der Waals surface area contributed by atoms with Crippen LogP contribution < -0.4 is 5.43 Å². The summed E-state index contributed by atoms with van der Waals surface area (Å²) in [6, 6.07) is 10.2. The van der Waals surface area contributed by atoms with E-state index in [1.165, 1.54) is 5.56 Å². The third-order valence-electron chi connectivity index (χ3n) is 2.01. The van der Waals surface area contributed by atoms with E-state index < -0.39 is 0 Å². The first-order chi connectivity index (χ1) is 7.42. The van der Waals surface area contributed by atoms with Gasteiger partial charge in [0.15, 0.2) is 5.82 Å². The van der Waals surface area contributed by atoms with Gasteiger partial charge in [-0.05, 0) is 22.4 Å². The van der Waals surface area contributed by atoms with Crippen LogP contribution in [0.25, 0.3) is 6.08 Å². The van der Waals surface area contributed by atoms with Crippen molar-refractivity contribution >= 4 is 26.8 Å². The first-order valence-corrected chi connectivity index (χ1v) is 7.08. The van der Waals surface area contributed by atoms with Crippen molar-refractivity contribution in [1.82, 2.24) is 9.84 Å². The van der Waals surface area contributed by atoms with Crippen LogP contribution in [-0.2, 0) is 9.91 Å². The fourth-order valence-corrected chi connectivity index (χ4v) is 3.88. The summed E-state index contributed by atoms with van der Waals surface area (Å²) in [4.78, 5) is 0. The van der Waals surface area contributed by atoms with E-state index in [2.05, 4.69) is 33.4 Å². The van der Waals surface area contributed by atoms with E-state index in [9.17, 15) is 0 Å². The second kappa shape index (κ2) is 3.75. The van der Waals surface area contributed by atoms with Gasteiger partial charge in [-0.1, -0.05) is 30.3 Å². The highest BCUT2D eigenvalue weighted by molar-refractivity contribution is 8.70. The standard InChI is InChI=1S/C10H9N3S2/c1-2-4-9(5-3-1)8-10-11-13-6-7-14-15(13)12-10/h1-8,11H. The van der Waals surface area contributed by atoms with E-state index >= 15 is 0 Å². The van der Waals surface area contributed by atoms with Crippen LogP contribution >= 0.6 is 10.8 Å². The molecule has 1 aromatic carbocycles. The fourth-order valence-electron chi connectivity index (χ4n) is 1.35. The van der Waals surface area contributed by atoms with Crippen molar-refractivity contribution in [2.45, 2.75) is 0 Å². The Morgan fingerprint density at radius 2 is 2.20 bits per heavy atom. The van der Waals surface area contributed by atoms with Gasteiger partial charge in [0.25, 0.3) is 0 Å². The van der Waals surface area contributed by atoms with Crippen molar-refractivity contribution in [3.05, 3.63) is 53.3 Å². The first kappa shape index (κ1) is 9.06. The Morgan fingerprint density at radius 1 is 1.33 bits per heavy atom. The van der Waals surface area contributed by atoms with Gasteiger partial charge in [0.05, 0.1) is 9.91 Å². The molecule has 2 heterocycles. The quantitative estimate of drug-likeness (QED) is 0.758. The second-order valence-electron chi connectivity index (χ2n) is 3.08. The molecule has 3 nitrogen and oxygen atoms in total. The molecule has 0 bridgehead atoms. The minimum atomic E-state index is -0.0871. The van der Waals surface area contributed by atoms with Crippen LogP contribution in [0, 0.1) is 0 Å². The van der Waals surface area contributed by atoms with Crippen LogP contribution in [0.4, 0.5) is 0 Å². The van der Waals surface area contributed by atoms with Gasteiger partial charge < -0.3 is 0 Å². The molecule has 1 atom stereocenters. The molecule has 1 unspecified atom stereocenters. The number of fused-ring (bicyclic) bond motifs is 1. The van der Waals surface area contributed by atoms with Crippen molar-refractivity contribution in [2.24, 2.45) is 4.36 Å². The molecule has 5 heteroatoms. The summed E-state index contributed by atoms with van der Waals surface area (Å²) in [6.45, 7) is 0. The molecule has 0 spiro atoms. The summed E-state index contributed by atoms with van der Waals surface area (Å²) in [7, 11) is 1.64. The summed E-state index contributed by atoms with van der Waals surface area (Å²) in [5.74, 6) is 0.932. The fraction of sp³-hybridized carbons (Fsp3) is 0. The predicted octanol–water partition coefficient (Wildman–Crippen LogP) is 2.66. The largest absolute Gasteiger partial charge is 0.270 e. The van der Waals surface area contributed by atoms with Gasteiger partial charge in [-0.15, -0.1) is 0 Å². The molecule has 0 aliphatic carbocycles. The van der Waals surface area contributed by atoms with Crippen molar-refractivity contribution in [2.75, 3.05) is 0 Å². The molecule has 2 aliphatic rings. The minimum absolute atomic E-state index is 0.0871. The molecule has 15 heavy (non-hydrogen) atoms. The molecule has 1 aromatic rings. The van der Waals surface area contributed by atoms with Crippen molar-refractivity contribution < 1.29 is 0 Å². The number of nitrogens with one attached hydrogen (secondary N) is 1. The Morgan fingerprint density at radius 3 is 3.00 bits per heavy atom. The smallest absolute Gasteiger partial charge is 0.156 e. The zero-order valence-corrected chi connectivity index (χ0v) is 9.46. The number of hydrazine groups is 1. The molecule has 76 valence electrons.